The van der Waals surface area contributed by atoms with Gasteiger partial charge in [-0.3, -0.25) is 0 Å². The predicted octanol–water partition coefficient (Wildman–Crippen LogP) is 4.70. The van der Waals surface area contributed by atoms with Crippen LogP contribution >= 0.6 is 0 Å². The molecule has 1 N–H and O–H groups in total. The van der Waals surface area contributed by atoms with Crippen LogP contribution in [0.3, 0.4) is 0 Å². The molecule has 1 aliphatic carbocycles. The smallest absolute Gasteiger partial charge is 0.133 e. The van der Waals surface area contributed by atoms with Crippen LogP contribution in [0.1, 0.15) is 54.4 Å². The third-order valence-electron chi connectivity index (χ3n) is 6.19. The molecule has 0 unspecified atom stereocenters. The number of aryl methyl sites for hydroxylation is 2. The summed E-state index contributed by atoms with van der Waals surface area (Å²) in [7, 11) is 2.09. The van der Waals surface area contributed by atoms with Gasteiger partial charge in [-0.15, -0.1) is 10.2 Å². The van der Waals surface area contributed by atoms with Gasteiger partial charge < -0.3 is 14.3 Å². The Morgan fingerprint density at radius 3 is 2.73 bits per heavy atom. The Morgan fingerprint density at radius 2 is 1.97 bits per heavy atom. The first-order chi connectivity index (χ1) is 14.7. The number of ether oxygens (including phenoxy) is 1. The maximum Gasteiger partial charge on any atom is 0.133 e. The van der Waals surface area contributed by atoms with Gasteiger partial charge in [-0.2, -0.15) is 0 Å². The van der Waals surface area contributed by atoms with Crippen LogP contribution in [-0.4, -0.2) is 30.8 Å². The highest BCUT2D eigenvalue weighted by Crippen LogP contribution is 2.33. The van der Waals surface area contributed by atoms with Crippen molar-refractivity contribution in [2.45, 2.75) is 51.0 Å². The highest BCUT2D eigenvalue weighted by molar-refractivity contribution is 5.77. The summed E-state index contributed by atoms with van der Waals surface area (Å²) in [6, 6.07) is 14.9. The van der Waals surface area contributed by atoms with Gasteiger partial charge in [0.25, 0.3) is 0 Å². The number of nitrogens with one attached hydrogen (secondary N) is 1. The summed E-state index contributed by atoms with van der Waals surface area (Å²) >= 11 is 0. The van der Waals surface area contributed by atoms with Crippen LogP contribution in [-0.2, 0) is 13.5 Å². The van der Waals surface area contributed by atoms with Crippen LogP contribution < -0.4 is 4.74 Å². The number of nitrogens with zero attached hydrogens (tertiary/aromatic N) is 4. The molecule has 5 rings (SSSR count). The Hall–Kier alpha value is -3.15. The number of benzene rings is 2. The zero-order chi connectivity index (χ0) is 20.5. The van der Waals surface area contributed by atoms with E-state index >= 15 is 0 Å². The van der Waals surface area contributed by atoms with Crippen molar-refractivity contribution in [3.05, 3.63) is 71.6 Å². The lowest BCUT2D eigenvalue weighted by Gasteiger charge is -2.27. The maximum atomic E-state index is 6.32. The molecule has 0 spiro atoms. The summed E-state index contributed by atoms with van der Waals surface area (Å²) < 4.78 is 8.50. The van der Waals surface area contributed by atoms with Crippen LogP contribution in [0.25, 0.3) is 11.0 Å². The van der Waals surface area contributed by atoms with Gasteiger partial charge in [-0.05, 0) is 50.3 Å². The zero-order valence-electron chi connectivity index (χ0n) is 17.5. The van der Waals surface area contributed by atoms with E-state index in [4.69, 9.17) is 9.72 Å². The zero-order valence-corrected chi connectivity index (χ0v) is 17.5. The third kappa shape index (κ3) is 3.82. The van der Waals surface area contributed by atoms with Gasteiger partial charge in [0.1, 0.15) is 23.7 Å². The Bertz CT molecular complexity index is 1140. The Labute approximate surface area is 176 Å². The standard InChI is InChI=1S/C24H27N5O/c1-16-4-3-5-17(12-16)13-23-27-21-14-20(10-11-22(21)29(23)2)30-19-8-6-18(7-9-19)24-25-15-26-28-24/h3-5,10-12,14-15,18-19H,6-9,13H2,1-2H3,(H,25,26,28)/t18-,19+. The molecule has 0 radical (unpaired) electrons. The number of hydrogen-bond acceptors (Lipinski definition) is 4. The molecule has 1 aliphatic rings. The highest BCUT2D eigenvalue weighted by Gasteiger charge is 2.25. The summed E-state index contributed by atoms with van der Waals surface area (Å²) in [5, 5.41) is 8.08. The van der Waals surface area contributed by atoms with E-state index in [1.54, 1.807) is 6.33 Å². The molecule has 2 heterocycles. The van der Waals surface area contributed by atoms with Crippen LogP contribution in [0, 0.1) is 6.92 Å². The van der Waals surface area contributed by atoms with Crippen LogP contribution in [0.2, 0.25) is 0 Å². The van der Waals surface area contributed by atoms with Crippen molar-refractivity contribution in [1.82, 2.24) is 24.7 Å². The normalized spacial score (nSPS) is 19.3. The number of rotatable bonds is 5. The van der Waals surface area contributed by atoms with E-state index in [1.165, 1.54) is 11.1 Å². The molecule has 154 valence electrons. The molecule has 0 saturated heterocycles. The van der Waals surface area contributed by atoms with E-state index in [0.717, 1.165) is 60.5 Å². The fourth-order valence-corrected chi connectivity index (χ4v) is 4.53. The molecule has 6 heteroatoms. The van der Waals surface area contributed by atoms with Gasteiger partial charge in [0.15, 0.2) is 0 Å². The second-order valence-electron chi connectivity index (χ2n) is 8.37. The molecule has 0 bridgehead atoms. The molecule has 1 saturated carbocycles. The number of fused-ring (bicyclic) bond motifs is 1. The SMILES string of the molecule is Cc1cccc(Cc2nc3cc(O[C@H]4CC[C@@H](c5nnc[nH]5)CC4)ccc3n2C)c1. The Morgan fingerprint density at radius 1 is 1.10 bits per heavy atom. The summed E-state index contributed by atoms with van der Waals surface area (Å²) in [5.74, 6) is 3.45. The average Bonchev–Trinajstić information content (AvgIpc) is 3.38. The summed E-state index contributed by atoms with van der Waals surface area (Å²) in [6.45, 7) is 2.13. The van der Waals surface area contributed by atoms with Crippen LogP contribution in [0.4, 0.5) is 0 Å². The molecule has 0 aliphatic heterocycles. The lowest BCUT2D eigenvalue weighted by molar-refractivity contribution is 0.145. The Balaban J connectivity index is 1.28. The molecule has 30 heavy (non-hydrogen) atoms. The number of aromatic amines is 1. The molecule has 4 aromatic rings. The lowest BCUT2D eigenvalue weighted by Crippen LogP contribution is -2.23. The largest absolute Gasteiger partial charge is 0.490 e. The first-order valence-corrected chi connectivity index (χ1v) is 10.7. The van der Waals surface area contributed by atoms with Gasteiger partial charge in [0.05, 0.1) is 17.1 Å². The minimum absolute atomic E-state index is 0.247. The van der Waals surface area contributed by atoms with Crippen molar-refractivity contribution < 1.29 is 4.74 Å². The van der Waals surface area contributed by atoms with Gasteiger partial charge in [-0.25, -0.2) is 4.98 Å². The first kappa shape index (κ1) is 18.9. The number of imidazole rings is 1. The van der Waals surface area contributed by atoms with E-state index in [9.17, 15) is 0 Å². The maximum absolute atomic E-state index is 6.32. The van der Waals surface area contributed by atoms with Gasteiger partial charge >= 0.3 is 0 Å². The highest BCUT2D eigenvalue weighted by atomic mass is 16.5. The minimum atomic E-state index is 0.247. The molecular weight excluding hydrogens is 374 g/mol. The molecule has 0 amide bonds. The van der Waals surface area contributed by atoms with Crippen molar-refractivity contribution in [2.75, 3.05) is 0 Å². The molecule has 6 nitrogen and oxygen atoms in total. The quantitative estimate of drug-likeness (QED) is 0.526. The van der Waals surface area contributed by atoms with E-state index in [-0.39, 0.29) is 6.10 Å². The lowest BCUT2D eigenvalue weighted by atomic mass is 9.87. The molecule has 1 fully saturated rings. The van der Waals surface area contributed by atoms with Crippen molar-refractivity contribution in [3.63, 3.8) is 0 Å². The Kier molecular flexibility index (Phi) is 4.99. The van der Waals surface area contributed by atoms with Crippen molar-refractivity contribution in [3.8, 4) is 5.75 Å². The van der Waals surface area contributed by atoms with E-state index in [0.29, 0.717) is 5.92 Å². The monoisotopic (exact) mass is 401 g/mol. The molecule has 2 aromatic carbocycles. The summed E-state index contributed by atoms with van der Waals surface area (Å²) in [5.41, 5.74) is 4.69. The number of hydrogen-bond donors (Lipinski definition) is 1. The second kappa shape index (κ2) is 7.94. The summed E-state index contributed by atoms with van der Waals surface area (Å²) in [4.78, 5) is 8.05. The fraction of sp³-hybridized carbons (Fsp3) is 0.375. The fourth-order valence-electron chi connectivity index (χ4n) is 4.53. The van der Waals surface area contributed by atoms with E-state index in [2.05, 4.69) is 76.2 Å². The van der Waals surface area contributed by atoms with E-state index in [1.807, 2.05) is 0 Å². The van der Waals surface area contributed by atoms with Crippen LogP contribution in [0.5, 0.6) is 5.75 Å². The van der Waals surface area contributed by atoms with Crippen molar-refractivity contribution in [2.24, 2.45) is 7.05 Å². The molecular formula is C24H27N5O. The third-order valence-corrected chi connectivity index (χ3v) is 6.19. The average molecular weight is 402 g/mol. The van der Waals surface area contributed by atoms with Crippen molar-refractivity contribution in [1.29, 1.82) is 0 Å². The summed E-state index contributed by atoms with van der Waals surface area (Å²) in [6.07, 6.45) is 6.95. The van der Waals surface area contributed by atoms with Gasteiger partial charge in [0, 0.05) is 25.5 Å². The van der Waals surface area contributed by atoms with Gasteiger partial charge in [0.2, 0.25) is 0 Å². The second-order valence-corrected chi connectivity index (χ2v) is 8.37. The first-order valence-electron chi connectivity index (χ1n) is 10.7. The number of aromatic nitrogens is 5. The topological polar surface area (TPSA) is 68.6 Å². The molecule has 2 aromatic heterocycles. The minimum Gasteiger partial charge on any atom is -0.490 e. The van der Waals surface area contributed by atoms with E-state index < -0.39 is 0 Å². The number of H-pyrrole nitrogens is 1. The van der Waals surface area contributed by atoms with Crippen molar-refractivity contribution >= 4 is 11.0 Å². The molecule has 0 atom stereocenters. The van der Waals surface area contributed by atoms with Crippen LogP contribution in [0.15, 0.2) is 48.8 Å². The van der Waals surface area contributed by atoms with Gasteiger partial charge in [-0.1, -0.05) is 29.8 Å². The predicted molar refractivity (Wildman–Crippen MR) is 117 cm³/mol.